The van der Waals surface area contributed by atoms with Crippen molar-refractivity contribution in [2.45, 2.75) is 25.8 Å². The molecule has 3 nitrogen and oxygen atoms in total. The molecule has 1 saturated heterocycles. The summed E-state index contributed by atoms with van der Waals surface area (Å²) in [5.74, 6) is -0.503. The number of rotatable bonds is 2. The number of carbonyl (C=O) groups excluding carboxylic acids is 1. The van der Waals surface area contributed by atoms with Gasteiger partial charge in [-0.1, -0.05) is 12.1 Å². The van der Waals surface area contributed by atoms with Crippen molar-refractivity contribution in [3.63, 3.8) is 0 Å². The van der Waals surface area contributed by atoms with Gasteiger partial charge in [0.25, 0.3) is 0 Å². The van der Waals surface area contributed by atoms with Crippen LogP contribution in [0, 0.1) is 5.82 Å². The van der Waals surface area contributed by atoms with E-state index in [2.05, 4.69) is 5.32 Å². The fraction of sp³-hybridized carbons (Fsp3) is 0.500. The summed E-state index contributed by atoms with van der Waals surface area (Å²) in [7, 11) is 0. The molecule has 106 valence electrons. The Hall–Kier alpha value is -1.13. The minimum atomic E-state index is -0.291. The lowest BCUT2D eigenvalue weighted by atomic mass is 9.98. The summed E-state index contributed by atoms with van der Waals surface area (Å²) in [4.78, 5) is 14.3. The Kier molecular flexibility index (Phi) is 5.76. The lowest BCUT2D eigenvalue weighted by Gasteiger charge is -2.35. The average molecular weight is 287 g/mol. The van der Waals surface area contributed by atoms with E-state index in [1.807, 2.05) is 18.7 Å². The summed E-state index contributed by atoms with van der Waals surface area (Å²) < 4.78 is 13.2. The van der Waals surface area contributed by atoms with Gasteiger partial charge in [0.05, 0.1) is 5.92 Å². The first-order chi connectivity index (χ1) is 8.59. The molecule has 1 aromatic rings. The highest BCUT2D eigenvalue weighted by Crippen LogP contribution is 2.20. The molecule has 1 aromatic carbocycles. The third kappa shape index (κ3) is 3.67. The Balaban J connectivity index is 0.00000180. The first-order valence-electron chi connectivity index (χ1n) is 6.36. The summed E-state index contributed by atoms with van der Waals surface area (Å²) in [6.45, 7) is 6.24. The quantitative estimate of drug-likeness (QED) is 0.904. The second kappa shape index (κ2) is 6.87. The van der Waals surface area contributed by atoms with Crippen molar-refractivity contribution in [2.24, 2.45) is 0 Å². The molecule has 0 aromatic heterocycles. The number of hydrogen-bond acceptors (Lipinski definition) is 2. The Morgan fingerprint density at radius 1 is 1.53 bits per heavy atom. The monoisotopic (exact) mass is 286 g/mol. The van der Waals surface area contributed by atoms with E-state index in [1.54, 1.807) is 12.1 Å². The predicted octanol–water partition coefficient (Wildman–Crippen LogP) is 2.17. The van der Waals surface area contributed by atoms with E-state index >= 15 is 0 Å². The van der Waals surface area contributed by atoms with Gasteiger partial charge in [-0.2, -0.15) is 0 Å². The van der Waals surface area contributed by atoms with E-state index < -0.39 is 0 Å². The zero-order valence-corrected chi connectivity index (χ0v) is 12.0. The van der Waals surface area contributed by atoms with Crippen LogP contribution in [0.4, 0.5) is 4.39 Å². The number of nitrogens with one attached hydrogen (secondary N) is 1. The van der Waals surface area contributed by atoms with Gasteiger partial charge in [0, 0.05) is 25.7 Å². The van der Waals surface area contributed by atoms with Gasteiger partial charge in [-0.05, 0) is 31.5 Å². The van der Waals surface area contributed by atoms with Crippen molar-refractivity contribution in [3.8, 4) is 0 Å². The molecule has 1 aliphatic rings. The minimum absolute atomic E-state index is 0. The Morgan fingerprint density at radius 2 is 2.26 bits per heavy atom. The molecular weight excluding hydrogens is 267 g/mol. The fourth-order valence-electron chi connectivity index (χ4n) is 2.34. The molecular formula is C14H20ClFN2O. The van der Waals surface area contributed by atoms with Gasteiger partial charge in [-0.25, -0.2) is 4.39 Å². The van der Waals surface area contributed by atoms with Crippen molar-refractivity contribution in [1.29, 1.82) is 0 Å². The molecule has 0 saturated carbocycles. The first kappa shape index (κ1) is 15.9. The normalized spacial score (nSPS) is 20.6. The first-order valence-corrected chi connectivity index (χ1v) is 6.36. The van der Waals surface area contributed by atoms with E-state index in [9.17, 15) is 9.18 Å². The lowest BCUT2D eigenvalue weighted by Crippen LogP contribution is -2.53. The molecule has 1 amide bonds. The second-order valence-corrected chi connectivity index (χ2v) is 4.86. The highest BCUT2D eigenvalue weighted by molar-refractivity contribution is 5.85. The van der Waals surface area contributed by atoms with Gasteiger partial charge in [0.1, 0.15) is 5.82 Å². The molecule has 2 unspecified atom stereocenters. The predicted molar refractivity (Wildman–Crippen MR) is 76.1 cm³/mol. The summed E-state index contributed by atoms with van der Waals surface area (Å²) in [6.07, 6.45) is 0. The van der Waals surface area contributed by atoms with Crippen molar-refractivity contribution in [2.75, 3.05) is 19.6 Å². The van der Waals surface area contributed by atoms with Crippen molar-refractivity contribution >= 4 is 18.3 Å². The zero-order valence-electron chi connectivity index (χ0n) is 11.2. The van der Waals surface area contributed by atoms with Gasteiger partial charge in [-0.15, -0.1) is 12.4 Å². The molecule has 0 bridgehead atoms. The van der Waals surface area contributed by atoms with Crippen LogP contribution in [0.3, 0.4) is 0 Å². The van der Waals surface area contributed by atoms with Crippen LogP contribution in [-0.2, 0) is 4.79 Å². The summed E-state index contributed by atoms with van der Waals surface area (Å²) in [6, 6.07) is 6.49. The van der Waals surface area contributed by atoms with Gasteiger partial charge in [0.15, 0.2) is 0 Å². The van der Waals surface area contributed by atoms with Crippen LogP contribution in [0.5, 0.6) is 0 Å². The third-order valence-electron chi connectivity index (χ3n) is 3.50. The van der Waals surface area contributed by atoms with E-state index in [-0.39, 0.29) is 36.1 Å². The van der Waals surface area contributed by atoms with Gasteiger partial charge < -0.3 is 10.2 Å². The van der Waals surface area contributed by atoms with Crippen LogP contribution in [0.15, 0.2) is 24.3 Å². The SMILES string of the molecule is CC(C(=O)N1CCNCC1C)c1cccc(F)c1.Cl. The molecule has 0 aliphatic carbocycles. The van der Waals surface area contributed by atoms with E-state index in [1.165, 1.54) is 12.1 Å². The second-order valence-electron chi connectivity index (χ2n) is 4.86. The average Bonchev–Trinajstić information content (AvgIpc) is 2.37. The summed E-state index contributed by atoms with van der Waals surface area (Å²) in [5.41, 5.74) is 0.741. The van der Waals surface area contributed by atoms with Crippen LogP contribution in [0.25, 0.3) is 0 Å². The number of hydrogen-bond donors (Lipinski definition) is 1. The number of benzene rings is 1. The number of nitrogens with zero attached hydrogens (tertiary/aromatic N) is 1. The standard InChI is InChI=1S/C14H19FN2O.ClH/c1-10-9-16-6-7-17(10)14(18)11(2)12-4-3-5-13(15)8-12;/h3-5,8,10-11,16H,6-7,9H2,1-2H3;1H. The Morgan fingerprint density at radius 3 is 2.89 bits per heavy atom. The number of halogens is 2. The van der Waals surface area contributed by atoms with E-state index in [0.717, 1.165) is 25.2 Å². The van der Waals surface area contributed by atoms with Crippen LogP contribution in [0.2, 0.25) is 0 Å². The molecule has 1 N–H and O–H groups in total. The summed E-state index contributed by atoms with van der Waals surface area (Å²) in [5, 5.41) is 3.25. The summed E-state index contributed by atoms with van der Waals surface area (Å²) >= 11 is 0. The third-order valence-corrected chi connectivity index (χ3v) is 3.50. The molecule has 5 heteroatoms. The van der Waals surface area contributed by atoms with E-state index in [0.29, 0.717) is 0 Å². The smallest absolute Gasteiger partial charge is 0.230 e. The topological polar surface area (TPSA) is 32.3 Å². The molecule has 0 spiro atoms. The largest absolute Gasteiger partial charge is 0.337 e. The zero-order chi connectivity index (χ0) is 13.1. The lowest BCUT2D eigenvalue weighted by molar-refractivity contribution is -0.135. The fourth-order valence-corrected chi connectivity index (χ4v) is 2.34. The molecule has 1 heterocycles. The van der Waals surface area contributed by atoms with Gasteiger partial charge in [-0.3, -0.25) is 4.79 Å². The maximum absolute atomic E-state index is 13.2. The van der Waals surface area contributed by atoms with Gasteiger partial charge >= 0.3 is 0 Å². The van der Waals surface area contributed by atoms with Crippen molar-refractivity contribution in [3.05, 3.63) is 35.6 Å². The highest BCUT2D eigenvalue weighted by atomic mass is 35.5. The molecule has 0 radical (unpaired) electrons. The highest BCUT2D eigenvalue weighted by Gasteiger charge is 2.27. The van der Waals surface area contributed by atoms with Crippen molar-refractivity contribution < 1.29 is 9.18 Å². The molecule has 2 rings (SSSR count). The molecule has 19 heavy (non-hydrogen) atoms. The maximum atomic E-state index is 13.2. The van der Waals surface area contributed by atoms with Crippen molar-refractivity contribution in [1.82, 2.24) is 10.2 Å². The molecule has 1 aliphatic heterocycles. The van der Waals surface area contributed by atoms with E-state index in [4.69, 9.17) is 0 Å². The Labute approximate surface area is 119 Å². The number of amides is 1. The molecule has 2 atom stereocenters. The van der Waals surface area contributed by atoms with Crippen LogP contribution < -0.4 is 5.32 Å². The van der Waals surface area contributed by atoms with Gasteiger partial charge in [0.2, 0.25) is 5.91 Å². The molecule has 1 fully saturated rings. The van der Waals surface area contributed by atoms with Crippen LogP contribution in [-0.4, -0.2) is 36.5 Å². The van der Waals surface area contributed by atoms with Crippen LogP contribution >= 0.6 is 12.4 Å². The maximum Gasteiger partial charge on any atom is 0.230 e. The van der Waals surface area contributed by atoms with Crippen LogP contribution in [0.1, 0.15) is 25.3 Å². The minimum Gasteiger partial charge on any atom is -0.337 e. The number of piperazine rings is 1. The number of carbonyl (C=O) groups is 1. The Bertz CT molecular complexity index is 441.